The van der Waals surface area contributed by atoms with Crippen LogP contribution >= 0.6 is 0 Å². The van der Waals surface area contributed by atoms with Crippen molar-refractivity contribution in [1.29, 1.82) is 0 Å². The Kier molecular flexibility index (Phi) is 3.81. The van der Waals surface area contributed by atoms with Crippen molar-refractivity contribution in [3.63, 3.8) is 0 Å². The lowest BCUT2D eigenvalue weighted by Crippen LogP contribution is -2.56. The summed E-state index contributed by atoms with van der Waals surface area (Å²) in [5.74, 6) is 0. The molecule has 1 heterocycles. The lowest BCUT2D eigenvalue weighted by Gasteiger charge is -2.42. The van der Waals surface area contributed by atoms with Gasteiger partial charge in [0.2, 0.25) is 0 Å². The van der Waals surface area contributed by atoms with E-state index in [1.807, 2.05) is 0 Å². The van der Waals surface area contributed by atoms with E-state index in [-0.39, 0.29) is 0 Å². The van der Waals surface area contributed by atoms with Gasteiger partial charge < -0.3 is 10.1 Å². The third-order valence-electron chi connectivity index (χ3n) is 4.54. The average molecular weight is 240 g/mol. The molecule has 0 aromatic rings. The molecule has 0 bridgehead atoms. The zero-order valence-electron chi connectivity index (χ0n) is 12.0. The van der Waals surface area contributed by atoms with Gasteiger partial charge in [0.25, 0.3) is 0 Å². The van der Waals surface area contributed by atoms with Crippen molar-refractivity contribution in [3.8, 4) is 0 Å². The van der Waals surface area contributed by atoms with E-state index in [4.69, 9.17) is 4.74 Å². The maximum Gasteiger partial charge on any atom is 0.0678 e. The van der Waals surface area contributed by atoms with Crippen molar-refractivity contribution in [2.24, 2.45) is 5.41 Å². The fourth-order valence-electron chi connectivity index (χ4n) is 3.83. The molecule has 1 saturated carbocycles. The second-order valence-electron chi connectivity index (χ2n) is 6.57. The van der Waals surface area contributed by atoms with Crippen molar-refractivity contribution in [1.82, 2.24) is 10.2 Å². The van der Waals surface area contributed by atoms with Crippen LogP contribution in [0.4, 0.5) is 0 Å². The van der Waals surface area contributed by atoms with Crippen molar-refractivity contribution in [2.75, 3.05) is 20.1 Å². The van der Waals surface area contributed by atoms with Crippen LogP contribution in [0.1, 0.15) is 40.5 Å². The fraction of sp³-hybridized carbons (Fsp3) is 1.00. The van der Waals surface area contributed by atoms with Gasteiger partial charge in [-0.25, -0.2) is 0 Å². The van der Waals surface area contributed by atoms with Gasteiger partial charge in [0.1, 0.15) is 0 Å². The fourth-order valence-corrected chi connectivity index (χ4v) is 3.83. The molecule has 4 atom stereocenters. The Labute approximate surface area is 106 Å². The summed E-state index contributed by atoms with van der Waals surface area (Å²) in [4.78, 5) is 2.65. The summed E-state index contributed by atoms with van der Waals surface area (Å²) < 4.78 is 5.83. The van der Waals surface area contributed by atoms with Crippen molar-refractivity contribution in [3.05, 3.63) is 0 Å². The molecule has 100 valence electrons. The van der Waals surface area contributed by atoms with Gasteiger partial charge in [-0.2, -0.15) is 0 Å². The summed E-state index contributed by atoms with van der Waals surface area (Å²) >= 11 is 0. The summed E-state index contributed by atoms with van der Waals surface area (Å²) in [5.41, 5.74) is 0.421. The molecular formula is C14H28N2O. The lowest BCUT2D eigenvalue weighted by atomic mass is 9.86. The Morgan fingerprint density at radius 3 is 2.29 bits per heavy atom. The number of nitrogens with zero attached hydrogens (tertiary/aromatic N) is 1. The monoisotopic (exact) mass is 240 g/mol. The molecule has 1 N–H and O–H groups in total. The Morgan fingerprint density at radius 2 is 1.76 bits per heavy atom. The summed E-state index contributed by atoms with van der Waals surface area (Å²) in [7, 11) is 2.11. The third kappa shape index (κ3) is 2.67. The number of hydrogen-bond acceptors (Lipinski definition) is 3. The summed E-state index contributed by atoms with van der Waals surface area (Å²) in [6.45, 7) is 11.3. The first-order valence-electron chi connectivity index (χ1n) is 7.01. The van der Waals surface area contributed by atoms with Crippen LogP contribution in [0.5, 0.6) is 0 Å². The van der Waals surface area contributed by atoms with Crippen LogP contribution < -0.4 is 5.32 Å². The van der Waals surface area contributed by atoms with E-state index in [9.17, 15) is 0 Å². The molecule has 3 nitrogen and oxygen atoms in total. The molecule has 1 aliphatic carbocycles. The van der Waals surface area contributed by atoms with Crippen LogP contribution in [0.2, 0.25) is 0 Å². The molecule has 1 saturated heterocycles. The van der Waals surface area contributed by atoms with Gasteiger partial charge in [-0.1, -0.05) is 13.8 Å². The predicted octanol–water partition coefficient (Wildman–Crippen LogP) is 1.87. The van der Waals surface area contributed by atoms with Gasteiger partial charge in [0, 0.05) is 25.2 Å². The quantitative estimate of drug-likeness (QED) is 0.797. The van der Waals surface area contributed by atoms with E-state index in [0.29, 0.717) is 29.7 Å². The first-order chi connectivity index (χ1) is 7.94. The number of nitrogens with one attached hydrogen (secondary N) is 1. The minimum atomic E-state index is 0.375. The maximum atomic E-state index is 5.83. The molecule has 0 aromatic carbocycles. The SMILES string of the molecule is CNC1C(N2CC(C)OC(C)C2)CCC1(C)C. The van der Waals surface area contributed by atoms with Crippen LogP contribution in [-0.2, 0) is 4.74 Å². The molecule has 1 aliphatic heterocycles. The van der Waals surface area contributed by atoms with E-state index < -0.39 is 0 Å². The molecule has 17 heavy (non-hydrogen) atoms. The van der Waals surface area contributed by atoms with E-state index >= 15 is 0 Å². The van der Waals surface area contributed by atoms with E-state index in [1.54, 1.807) is 0 Å². The number of morpholine rings is 1. The van der Waals surface area contributed by atoms with E-state index in [0.717, 1.165) is 13.1 Å². The molecular weight excluding hydrogens is 212 g/mol. The molecule has 3 heteroatoms. The second-order valence-corrected chi connectivity index (χ2v) is 6.57. The Morgan fingerprint density at radius 1 is 1.18 bits per heavy atom. The summed E-state index contributed by atoms with van der Waals surface area (Å²) in [6.07, 6.45) is 3.39. The summed E-state index contributed by atoms with van der Waals surface area (Å²) in [6, 6.07) is 1.30. The standard InChI is InChI=1S/C14H28N2O/c1-10-8-16(9-11(2)17-10)12-6-7-14(3,4)13(12)15-5/h10-13,15H,6-9H2,1-5H3. The minimum absolute atomic E-state index is 0.375. The molecule has 0 radical (unpaired) electrons. The number of ether oxygens (including phenoxy) is 1. The van der Waals surface area contributed by atoms with Gasteiger partial charge in [-0.05, 0) is 39.2 Å². The largest absolute Gasteiger partial charge is 0.373 e. The number of rotatable bonds is 2. The average Bonchev–Trinajstić information content (AvgIpc) is 2.51. The Bertz CT molecular complexity index is 257. The molecule has 2 aliphatic rings. The second kappa shape index (κ2) is 4.87. The molecule has 0 spiro atoms. The normalized spacial score (nSPS) is 42.9. The van der Waals surface area contributed by atoms with E-state index in [2.05, 4.69) is 45.0 Å². The minimum Gasteiger partial charge on any atom is -0.373 e. The molecule has 0 aromatic heterocycles. The van der Waals surface area contributed by atoms with Crippen LogP contribution in [0.25, 0.3) is 0 Å². The molecule has 2 fully saturated rings. The topological polar surface area (TPSA) is 24.5 Å². The highest BCUT2D eigenvalue weighted by molar-refractivity contribution is 5.01. The highest BCUT2D eigenvalue weighted by atomic mass is 16.5. The molecule has 0 amide bonds. The zero-order valence-corrected chi connectivity index (χ0v) is 12.0. The first kappa shape index (κ1) is 13.3. The molecule has 4 unspecified atom stereocenters. The van der Waals surface area contributed by atoms with Crippen LogP contribution in [0, 0.1) is 5.41 Å². The number of likely N-dealkylation sites (N-methyl/N-ethyl adjacent to an activating group) is 1. The Hall–Kier alpha value is -0.120. The highest BCUT2D eigenvalue weighted by Crippen LogP contribution is 2.40. The summed E-state index contributed by atoms with van der Waals surface area (Å²) in [5, 5.41) is 3.55. The van der Waals surface area contributed by atoms with Crippen LogP contribution in [-0.4, -0.2) is 49.3 Å². The molecule has 2 rings (SSSR count). The zero-order chi connectivity index (χ0) is 12.6. The van der Waals surface area contributed by atoms with Gasteiger partial charge >= 0.3 is 0 Å². The van der Waals surface area contributed by atoms with E-state index in [1.165, 1.54) is 12.8 Å². The third-order valence-corrected chi connectivity index (χ3v) is 4.54. The first-order valence-corrected chi connectivity index (χ1v) is 7.01. The highest BCUT2D eigenvalue weighted by Gasteiger charge is 2.44. The van der Waals surface area contributed by atoms with Crippen molar-refractivity contribution in [2.45, 2.75) is 64.8 Å². The smallest absolute Gasteiger partial charge is 0.0678 e. The maximum absolute atomic E-state index is 5.83. The predicted molar refractivity (Wildman–Crippen MR) is 71.2 cm³/mol. The van der Waals surface area contributed by atoms with Gasteiger partial charge in [-0.3, -0.25) is 4.90 Å². The Balaban J connectivity index is 2.06. The van der Waals surface area contributed by atoms with Gasteiger partial charge in [0.15, 0.2) is 0 Å². The van der Waals surface area contributed by atoms with Crippen molar-refractivity contribution >= 4 is 0 Å². The van der Waals surface area contributed by atoms with Crippen LogP contribution in [0.3, 0.4) is 0 Å². The van der Waals surface area contributed by atoms with Crippen molar-refractivity contribution < 1.29 is 4.74 Å². The lowest BCUT2D eigenvalue weighted by molar-refractivity contribution is -0.0835. The van der Waals surface area contributed by atoms with Crippen LogP contribution in [0.15, 0.2) is 0 Å². The number of hydrogen-bond donors (Lipinski definition) is 1. The van der Waals surface area contributed by atoms with Gasteiger partial charge in [-0.15, -0.1) is 0 Å². The van der Waals surface area contributed by atoms with Gasteiger partial charge in [0.05, 0.1) is 12.2 Å².